The van der Waals surface area contributed by atoms with Gasteiger partial charge in [0.15, 0.2) is 5.82 Å². The van der Waals surface area contributed by atoms with Gasteiger partial charge >= 0.3 is 5.97 Å². The fraction of sp³-hybridized carbons (Fsp3) is 0.500. The predicted molar refractivity (Wildman–Crippen MR) is 94.6 cm³/mol. The molecule has 3 heterocycles. The maximum atomic E-state index is 12.1. The molecule has 8 nitrogen and oxygen atoms in total. The summed E-state index contributed by atoms with van der Waals surface area (Å²) in [5, 5.41) is 11.4. The molecule has 1 saturated heterocycles. The average molecular weight is 363 g/mol. The van der Waals surface area contributed by atoms with Crippen LogP contribution in [0.5, 0.6) is 0 Å². The highest BCUT2D eigenvalue weighted by atomic mass is 32.1. The van der Waals surface area contributed by atoms with Gasteiger partial charge in [-0.2, -0.15) is 14.9 Å². The number of nitrogens with zero attached hydrogens (tertiary/aromatic N) is 3. The van der Waals surface area contributed by atoms with E-state index in [1.54, 1.807) is 17.8 Å². The molecule has 0 saturated carbocycles. The van der Waals surface area contributed by atoms with Crippen molar-refractivity contribution in [2.24, 2.45) is 5.10 Å². The van der Waals surface area contributed by atoms with Gasteiger partial charge in [0.2, 0.25) is 4.77 Å². The Labute approximate surface area is 150 Å². The number of aryl methyl sites for hydroxylation is 1. The van der Waals surface area contributed by atoms with Crippen LogP contribution in [0.2, 0.25) is 0 Å². The molecule has 0 unspecified atom stereocenters. The summed E-state index contributed by atoms with van der Waals surface area (Å²) in [6.07, 6.45) is 3.41. The van der Waals surface area contributed by atoms with E-state index in [2.05, 4.69) is 20.3 Å². The quantitative estimate of drug-likeness (QED) is 0.484. The van der Waals surface area contributed by atoms with Crippen molar-refractivity contribution in [3.05, 3.63) is 33.1 Å². The molecule has 2 aromatic heterocycles. The Kier molecular flexibility index (Phi) is 5.14. The van der Waals surface area contributed by atoms with E-state index >= 15 is 0 Å². The monoisotopic (exact) mass is 363 g/mol. The third-order valence-electron chi connectivity index (χ3n) is 4.15. The zero-order valence-electron chi connectivity index (χ0n) is 14.5. The molecule has 0 amide bonds. The molecule has 0 bridgehead atoms. The van der Waals surface area contributed by atoms with Crippen LogP contribution in [0.1, 0.15) is 59.0 Å². The fourth-order valence-electron chi connectivity index (χ4n) is 2.93. The Morgan fingerprint density at radius 2 is 2.36 bits per heavy atom. The summed E-state index contributed by atoms with van der Waals surface area (Å²) in [6, 6.07) is 0. The van der Waals surface area contributed by atoms with Gasteiger partial charge < -0.3 is 14.5 Å². The van der Waals surface area contributed by atoms with Gasteiger partial charge in [-0.3, -0.25) is 5.10 Å². The zero-order valence-corrected chi connectivity index (χ0v) is 15.3. The number of esters is 1. The zero-order chi connectivity index (χ0) is 18.0. The van der Waals surface area contributed by atoms with E-state index in [9.17, 15) is 4.79 Å². The molecular formula is C16H21N5O3S. The largest absolute Gasteiger partial charge is 0.462 e. The number of nitrogens with one attached hydrogen (secondary N) is 2. The number of carbonyl (C=O) groups is 1. The number of H-pyrrole nitrogens is 2. The maximum Gasteiger partial charge on any atom is 0.340 e. The Hall–Kier alpha value is -2.26. The van der Waals surface area contributed by atoms with E-state index in [1.165, 1.54) is 0 Å². The highest BCUT2D eigenvalue weighted by molar-refractivity contribution is 7.71. The third-order valence-corrected chi connectivity index (χ3v) is 4.42. The lowest BCUT2D eigenvalue weighted by molar-refractivity contribution is 0.0525. The Bertz CT molecular complexity index is 858. The molecule has 2 N–H and O–H groups in total. The van der Waals surface area contributed by atoms with Crippen LogP contribution in [0.3, 0.4) is 0 Å². The molecule has 0 aromatic carbocycles. The standard InChI is InChI=1S/C16H21N5O3S/c1-4-23-15(22)13-9(2)11(18-10(13)3)8-17-21-14(19-20-16(21)25)12-6-5-7-24-12/h8,12,18H,4-7H2,1-3H3,(H,20,25)/b17-8+/t12-/m0/s1. The van der Waals surface area contributed by atoms with Crippen LogP contribution in [0.25, 0.3) is 0 Å². The molecule has 3 rings (SSSR count). The summed E-state index contributed by atoms with van der Waals surface area (Å²) in [7, 11) is 0. The van der Waals surface area contributed by atoms with Crippen LogP contribution in [-0.4, -0.2) is 45.3 Å². The molecule has 0 spiro atoms. The fourth-order valence-corrected chi connectivity index (χ4v) is 3.12. The van der Waals surface area contributed by atoms with Crippen molar-refractivity contribution in [2.45, 2.75) is 39.7 Å². The normalized spacial score (nSPS) is 17.5. The SMILES string of the molecule is CCOC(=O)c1c(C)[nH]c(/C=N/n2c([C@@H]3CCCO3)n[nH]c2=S)c1C. The summed E-state index contributed by atoms with van der Waals surface area (Å²) in [5.74, 6) is 0.318. The molecule has 25 heavy (non-hydrogen) atoms. The van der Waals surface area contributed by atoms with E-state index in [1.807, 2.05) is 13.8 Å². The van der Waals surface area contributed by atoms with E-state index < -0.39 is 0 Å². The third kappa shape index (κ3) is 3.42. The minimum Gasteiger partial charge on any atom is -0.462 e. The van der Waals surface area contributed by atoms with Gasteiger partial charge in [0.1, 0.15) is 6.10 Å². The van der Waals surface area contributed by atoms with Crippen LogP contribution in [0.15, 0.2) is 5.10 Å². The first kappa shape index (κ1) is 17.6. The highest BCUT2D eigenvalue weighted by Gasteiger charge is 2.24. The van der Waals surface area contributed by atoms with E-state index in [4.69, 9.17) is 21.7 Å². The topological polar surface area (TPSA) is 97.3 Å². The molecule has 1 atom stereocenters. The highest BCUT2D eigenvalue weighted by Crippen LogP contribution is 2.27. The lowest BCUT2D eigenvalue weighted by Crippen LogP contribution is -2.07. The van der Waals surface area contributed by atoms with Gasteiger partial charge in [-0.05, 0) is 51.4 Å². The van der Waals surface area contributed by atoms with Crippen molar-refractivity contribution in [2.75, 3.05) is 13.2 Å². The van der Waals surface area contributed by atoms with Crippen LogP contribution in [-0.2, 0) is 9.47 Å². The lowest BCUT2D eigenvalue weighted by Gasteiger charge is -2.07. The van der Waals surface area contributed by atoms with Gasteiger partial charge in [-0.25, -0.2) is 4.79 Å². The Morgan fingerprint density at radius 1 is 1.56 bits per heavy atom. The van der Waals surface area contributed by atoms with Crippen LogP contribution >= 0.6 is 12.2 Å². The Morgan fingerprint density at radius 3 is 3.04 bits per heavy atom. The molecule has 9 heteroatoms. The molecule has 1 aliphatic heterocycles. The van der Waals surface area contributed by atoms with Gasteiger partial charge in [-0.15, -0.1) is 0 Å². The van der Waals surface area contributed by atoms with Crippen LogP contribution in [0, 0.1) is 18.6 Å². The first-order valence-corrected chi connectivity index (χ1v) is 8.63. The summed E-state index contributed by atoms with van der Waals surface area (Å²) >= 11 is 5.25. The second kappa shape index (κ2) is 7.32. The number of carbonyl (C=O) groups excluding carboxylic acids is 1. The minimum atomic E-state index is -0.339. The lowest BCUT2D eigenvalue weighted by atomic mass is 10.1. The summed E-state index contributed by atoms with van der Waals surface area (Å²) in [5.41, 5.74) is 2.79. The van der Waals surface area contributed by atoms with Crippen molar-refractivity contribution in [1.29, 1.82) is 0 Å². The molecule has 0 aliphatic carbocycles. The molecular weight excluding hydrogens is 342 g/mol. The summed E-state index contributed by atoms with van der Waals surface area (Å²) in [4.78, 5) is 15.2. The van der Waals surface area contributed by atoms with Crippen LogP contribution < -0.4 is 0 Å². The number of hydrogen-bond acceptors (Lipinski definition) is 6. The average Bonchev–Trinajstić information content (AvgIpc) is 3.26. The molecule has 134 valence electrons. The van der Waals surface area contributed by atoms with E-state index in [0.717, 1.165) is 29.8 Å². The van der Waals surface area contributed by atoms with E-state index in [0.29, 0.717) is 29.4 Å². The predicted octanol–water partition coefficient (Wildman–Crippen LogP) is 2.80. The van der Waals surface area contributed by atoms with Gasteiger partial charge in [0, 0.05) is 12.3 Å². The van der Waals surface area contributed by atoms with Crippen molar-refractivity contribution in [3.63, 3.8) is 0 Å². The Balaban J connectivity index is 1.91. The number of hydrogen-bond donors (Lipinski definition) is 2. The molecule has 1 aliphatic rings. The molecule has 2 aromatic rings. The van der Waals surface area contributed by atoms with Crippen molar-refractivity contribution in [3.8, 4) is 0 Å². The smallest absolute Gasteiger partial charge is 0.340 e. The minimum absolute atomic E-state index is 0.105. The van der Waals surface area contributed by atoms with Gasteiger partial charge in [-0.1, -0.05) is 0 Å². The van der Waals surface area contributed by atoms with Gasteiger partial charge in [0.05, 0.1) is 24.1 Å². The second-order valence-electron chi connectivity index (χ2n) is 5.83. The molecule has 1 fully saturated rings. The number of aromatic amines is 2. The number of ether oxygens (including phenoxy) is 2. The van der Waals surface area contributed by atoms with Crippen LogP contribution in [0.4, 0.5) is 0 Å². The van der Waals surface area contributed by atoms with Gasteiger partial charge in [0.25, 0.3) is 0 Å². The molecule has 0 radical (unpaired) electrons. The number of rotatable bonds is 5. The first-order chi connectivity index (χ1) is 12.0. The summed E-state index contributed by atoms with van der Waals surface area (Å²) < 4.78 is 12.7. The number of aromatic nitrogens is 4. The second-order valence-corrected chi connectivity index (χ2v) is 6.22. The first-order valence-electron chi connectivity index (χ1n) is 8.22. The van der Waals surface area contributed by atoms with Crippen molar-refractivity contribution < 1.29 is 14.3 Å². The van der Waals surface area contributed by atoms with E-state index in [-0.39, 0.29) is 12.1 Å². The van der Waals surface area contributed by atoms with Crippen molar-refractivity contribution >= 4 is 24.4 Å². The van der Waals surface area contributed by atoms with Crippen molar-refractivity contribution in [1.82, 2.24) is 19.9 Å². The maximum absolute atomic E-state index is 12.1. The summed E-state index contributed by atoms with van der Waals surface area (Å²) in [6.45, 7) is 6.52.